The molecule has 0 aromatic carbocycles. The van der Waals surface area contributed by atoms with E-state index in [2.05, 4.69) is 19.9 Å². The van der Waals surface area contributed by atoms with Gasteiger partial charge >= 0.3 is 0 Å². The average molecular weight is 184 g/mol. The summed E-state index contributed by atoms with van der Waals surface area (Å²) in [5.74, 6) is 0.577. The highest BCUT2D eigenvalue weighted by molar-refractivity contribution is 6.06. The van der Waals surface area contributed by atoms with Gasteiger partial charge in [-0.2, -0.15) is 4.98 Å². The second-order valence-corrected chi connectivity index (χ2v) is 2.89. The normalized spacial score (nSPS) is 12.3. The van der Waals surface area contributed by atoms with Crippen molar-refractivity contribution in [1.82, 2.24) is 15.0 Å². The van der Waals surface area contributed by atoms with Gasteiger partial charge in [0.05, 0.1) is 5.39 Å². The first-order valence-corrected chi connectivity index (χ1v) is 4.05. The zero-order chi connectivity index (χ0) is 9.54. The van der Waals surface area contributed by atoms with Crippen molar-refractivity contribution in [2.24, 2.45) is 4.99 Å². The first kappa shape index (κ1) is 7.25. The first-order valence-electron chi connectivity index (χ1n) is 4.05. The third kappa shape index (κ3) is 0.861. The predicted octanol–water partition coefficient (Wildman–Crippen LogP) is 0.449. The summed E-state index contributed by atoms with van der Waals surface area (Å²) in [5.41, 5.74) is 0.934. The smallest absolute Gasteiger partial charge is 0.267 e. The van der Waals surface area contributed by atoms with Crippen LogP contribution in [0.5, 0.6) is 0 Å². The van der Waals surface area contributed by atoms with Crippen molar-refractivity contribution in [3.05, 3.63) is 34.4 Å². The average Bonchev–Trinajstić information content (AvgIpc) is 2.51. The van der Waals surface area contributed by atoms with E-state index in [1.807, 2.05) is 0 Å². The largest absolute Gasteiger partial charge is 0.271 e. The molecule has 5 nitrogen and oxygen atoms in total. The van der Waals surface area contributed by atoms with E-state index >= 15 is 0 Å². The molecule has 3 heterocycles. The third-order valence-electron chi connectivity index (χ3n) is 2.04. The van der Waals surface area contributed by atoms with Gasteiger partial charge in [-0.3, -0.25) is 4.79 Å². The van der Waals surface area contributed by atoms with Crippen LogP contribution >= 0.6 is 0 Å². The number of aliphatic imine (C=N–C) groups is 1. The minimum Gasteiger partial charge on any atom is -0.267 e. The van der Waals surface area contributed by atoms with Gasteiger partial charge in [0.25, 0.3) is 5.56 Å². The molecule has 3 rings (SSSR count). The van der Waals surface area contributed by atoms with E-state index in [0.29, 0.717) is 11.5 Å². The highest BCUT2D eigenvalue weighted by Gasteiger charge is 2.11. The molecule has 0 saturated heterocycles. The van der Waals surface area contributed by atoms with Gasteiger partial charge in [0.15, 0.2) is 11.5 Å². The van der Waals surface area contributed by atoms with Crippen molar-refractivity contribution < 1.29 is 0 Å². The lowest BCUT2D eigenvalue weighted by Crippen LogP contribution is -1.99. The maximum Gasteiger partial charge on any atom is 0.271 e. The Morgan fingerprint density at radius 3 is 3.00 bits per heavy atom. The molecule has 0 spiro atoms. The van der Waals surface area contributed by atoms with Crippen LogP contribution in [0.25, 0.3) is 11.0 Å². The van der Waals surface area contributed by atoms with Gasteiger partial charge in [0.2, 0.25) is 0 Å². The molecule has 0 unspecified atom stereocenters. The fourth-order valence-corrected chi connectivity index (χ4v) is 1.43. The standard InChI is InChI=1S/C9H4N4O/c14-6-2-1-5-3-10-8-7(5)9(13-6)12-4-11-8/h1-4H. The van der Waals surface area contributed by atoms with Gasteiger partial charge < -0.3 is 0 Å². The van der Waals surface area contributed by atoms with E-state index in [-0.39, 0.29) is 5.56 Å². The lowest BCUT2D eigenvalue weighted by molar-refractivity contribution is 1.17. The van der Waals surface area contributed by atoms with Crippen LogP contribution in [0.2, 0.25) is 0 Å². The zero-order valence-electron chi connectivity index (χ0n) is 7.01. The highest BCUT2D eigenvalue weighted by Crippen LogP contribution is 2.26. The fourth-order valence-electron chi connectivity index (χ4n) is 1.43. The molecule has 1 aliphatic rings. The van der Waals surface area contributed by atoms with Gasteiger partial charge in [-0.15, -0.1) is 0 Å². The molecular formula is C9H4N4O. The van der Waals surface area contributed by atoms with Crippen LogP contribution in [-0.2, 0) is 0 Å². The molecule has 0 fully saturated rings. The van der Waals surface area contributed by atoms with E-state index < -0.39 is 0 Å². The maximum absolute atomic E-state index is 11.2. The Labute approximate surface area is 78.2 Å². The summed E-state index contributed by atoms with van der Waals surface area (Å²) in [6.07, 6.45) is 3.02. The monoisotopic (exact) mass is 184 g/mol. The van der Waals surface area contributed by atoms with Crippen molar-refractivity contribution in [2.45, 2.75) is 0 Å². The minimum absolute atomic E-state index is 0.304. The fraction of sp³-hybridized carbons (Fsp3) is 0. The second-order valence-electron chi connectivity index (χ2n) is 2.89. The molecule has 0 N–H and O–H groups in total. The van der Waals surface area contributed by atoms with Gasteiger partial charge in [0, 0.05) is 17.8 Å². The second kappa shape index (κ2) is 2.41. The van der Waals surface area contributed by atoms with Crippen LogP contribution in [0.1, 0.15) is 5.56 Å². The lowest BCUT2D eigenvalue weighted by Gasteiger charge is -1.90. The van der Waals surface area contributed by atoms with E-state index in [0.717, 1.165) is 10.9 Å². The first-order chi connectivity index (χ1) is 6.84. The van der Waals surface area contributed by atoms with Gasteiger partial charge in [-0.05, 0) is 6.07 Å². The summed E-state index contributed by atoms with van der Waals surface area (Å²) in [4.78, 5) is 27.0. The van der Waals surface area contributed by atoms with E-state index in [1.165, 1.54) is 12.4 Å². The Morgan fingerprint density at radius 1 is 1.14 bits per heavy atom. The quantitative estimate of drug-likeness (QED) is 0.508. The molecule has 14 heavy (non-hydrogen) atoms. The van der Waals surface area contributed by atoms with Gasteiger partial charge in [0.1, 0.15) is 6.33 Å². The van der Waals surface area contributed by atoms with Crippen LogP contribution in [0.15, 0.2) is 28.2 Å². The van der Waals surface area contributed by atoms with Gasteiger partial charge in [-0.25, -0.2) is 15.0 Å². The van der Waals surface area contributed by atoms with Crippen LogP contribution in [0, 0.1) is 0 Å². The van der Waals surface area contributed by atoms with E-state index in [1.54, 1.807) is 12.3 Å². The third-order valence-corrected chi connectivity index (χ3v) is 2.04. The minimum atomic E-state index is -0.304. The van der Waals surface area contributed by atoms with E-state index in [4.69, 9.17) is 0 Å². The van der Waals surface area contributed by atoms with Crippen molar-refractivity contribution in [3.8, 4) is 0 Å². The van der Waals surface area contributed by atoms with E-state index in [9.17, 15) is 4.79 Å². The Hall–Kier alpha value is -2.17. The summed E-state index contributed by atoms with van der Waals surface area (Å²) in [5, 5.41) is 0.745. The van der Waals surface area contributed by atoms with Crippen LogP contribution in [0.3, 0.4) is 0 Å². The lowest BCUT2D eigenvalue weighted by atomic mass is 10.2. The Morgan fingerprint density at radius 2 is 2.07 bits per heavy atom. The summed E-state index contributed by atoms with van der Waals surface area (Å²) in [6.45, 7) is 0. The number of aromatic nitrogens is 3. The molecule has 0 amide bonds. The predicted molar refractivity (Wildman–Crippen MR) is 50.9 cm³/mol. The summed E-state index contributed by atoms with van der Waals surface area (Å²) >= 11 is 0. The molecule has 2 aromatic heterocycles. The molecule has 0 saturated carbocycles. The Kier molecular flexibility index (Phi) is 1.25. The Balaban J connectivity index is 2.67. The molecule has 0 aliphatic carbocycles. The molecule has 0 atom stereocenters. The molecular weight excluding hydrogens is 180 g/mol. The molecule has 5 heteroatoms. The molecule has 0 radical (unpaired) electrons. The van der Waals surface area contributed by atoms with Crippen molar-refractivity contribution in [2.75, 3.05) is 0 Å². The van der Waals surface area contributed by atoms with Crippen molar-refractivity contribution >= 4 is 23.1 Å². The SMILES string of the molecule is O=c1ccc2c3c(ncnc3n1)N=C2. The maximum atomic E-state index is 11.2. The zero-order valence-corrected chi connectivity index (χ0v) is 7.01. The number of hydrogen-bond donors (Lipinski definition) is 0. The number of nitrogens with zero attached hydrogens (tertiary/aromatic N) is 4. The molecule has 66 valence electrons. The number of hydrogen-bond acceptors (Lipinski definition) is 5. The highest BCUT2D eigenvalue weighted by atomic mass is 16.1. The summed E-state index contributed by atoms with van der Waals surface area (Å²) in [7, 11) is 0. The summed E-state index contributed by atoms with van der Waals surface area (Å²) in [6, 6.07) is 3.08. The Bertz CT molecular complexity index is 621. The van der Waals surface area contributed by atoms with Crippen LogP contribution < -0.4 is 5.56 Å². The number of rotatable bonds is 0. The topological polar surface area (TPSA) is 68.1 Å². The molecule has 1 aliphatic heterocycles. The van der Waals surface area contributed by atoms with Gasteiger partial charge in [-0.1, -0.05) is 0 Å². The molecule has 0 bridgehead atoms. The summed E-state index contributed by atoms with van der Waals surface area (Å²) < 4.78 is 0. The van der Waals surface area contributed by atoms with Crippen molar-refractivity contribution in [1.29, 1.82) is 0 Å². The van der Waals surface area contributed by atoms with Crippen LogP contribution in [0.4, 0.5) is 5.82 Å². The van der Waals surface area contributed by atoms with Crippen LogP contribution in [-0.4, -0.2) is 21.2 Å². The van der Waals surface area contributed by atoms with Crippen molar-refractivity contribution in [3.63, 3.8) is 0 Å². The molecule has 2 aromatic rings.